The number of hydrogen-bond acceptors (Lipinski definition) is 5. The van der Waals surface area contributed by atoms with E-state index >= 15 is 0 Å². The van der Waals surface area contributed by atoms with E-state index in [0.717, 1.165) is 10.0 Å². The number of urea groups is 2. The van der Waals surface area contributed by atoms with Gasteiger partial charge in [0.1, 0.15) is 0 Å². The first-order valence-corrected chi connectivity index (χ1v) is 6.12. The van der Waals surface area contributed by atoms with E-state index in [9.17, 15) is 14.4 Å². The van der Waals surface area contributed by atoms with E-state index in [4.69, 9.17) is 28.3 Å². The summed E-state index contributed by atoms with van der Waals surface area (Å²) in [6.07, 6.45) is 1.69. The molecule has 0 rings (SSSR count). The number of hydrogen-bond donors (Lipinski definition) is 5. The summed E-state index contributed by atoms with van der Waals surface area (Å²) in [4.78, 5) is 32.2. The standard InChI is InChI=1S/C10H22N6O4/c11-9(19)15(13)6-2-1-3-7(4-5-8(17)18)16(14)10(12)20/h7H,1-6,13-14H2,(H2,11,19)(H2,12,20)(H,17,18)/t7-/m0/s1. The summed E-state index contributed by atoms with van der Waals surface area (Å²) in [6, 6.07) is -2.02. The van der Waals surface area contributed by atoms with Gasteiger partial charge >= 0.3 is 18.0 Å². The number of carbonyl (C=O) groups excluding carboxylic acids is 2. The summed E-state index contributed by atoms with van der Waals surface area (Å²) in [5.74, 6) is 9.83. The minimum Gasteiger partial charge on any atom is -0.481 e. The lowest BCUT2D eigenvalue weighted by Crippen LogP contribution is -2.48. The Bertz CT molecular complexity index is 351. The van der Waals surface area contributed by atoms with Gasteiger partial charge in [-0.05, 0) is 25.7 Å². The maximum Gasteiger partial charge on any atom is 0.329 e. The summed E-state index contributed by atoms with van der Waals surface area (Å²) in [6.45, 7) is 0.266. The van der Waals surface area contributed by atoms with E-state index in [2.05, 4.69) is 0 Å². The highest BCUT2D eigenvalue weighted by Crippen LogP contribution is 2.12. The van der Waals surface area contributed by atoms with E-state index in [0.29, 0.717) is 19.3 Å². The van der Waals surface area contributed by atoms with Gasteiger partial charge in [-0.3, -0.25) is 14.8 Å². The molecule has 0 aromatic heterocycles. The second-order valence-electron chi connectivity index (χ2n) is 4.36. The Labute approximate surface area is 116 Å². The molecule has 9 N–H and O–H groups in total. The average Bonchev–Trinajstić information content (AvgIpc) is 2.36. The molecule has 0 saturated heterocycles. The van der Waals surface area contributed by atoms with Gasteiger partial charge in [0.05, 0.1) is 6.04 Å². The molecule has 0 spiro atoms. The molecule has 10 nitrogen and oxygen atoms in total. The first-order chi connectivity index (χ1) is 9.25. The molecule has 20 heavy (non-hydrogen) atoms. The van der Waals surface area contributed by atoms with Crippen LogP contribution in [-0.2, 0) is 4.79 Å². The van der Waals surface area contributed by atoms with Crippen molar-refractivity contribution in [3.05, 3.63) is 0 Å². The smallest absolute Gasteiger partial charge is 0.329 e. The molecule has 0 aromatic carbocycles. The third-order valence-corrected chi connectivity index (χ3v) is 2.81. The first-order valence-electron chi connectivity index (χ1n) is 6.12. The molecule has 0 fully saturated rings. The second kappa shape index (κ2) is 8.93. The summed E-state index contributed by atoms with van der Waals surface area (Å²) < 4.78 is 0. The van der Waals surface area contributed by atoms with Crippen molar-refractivity contribution in [2.24, 2.45) is 23.2 Å². The van der Waals surface area contributed by atoms with Crippen LogP contribution in [0.1, 0.15) is 32.1 Å². The van der Waals surface area contributed by atoms with Gasteiger partial charge in [-0.1, -0.05) is 0 Å². The number of carboxylic acid groups (broad SMARTS) is 1. The number of primary amides is 2. The van der Waals surface area contributed by atoms with Crippen molar-refractivity contribution in [2.45, 2.75) is 38.1 Å². The van der Waals surface area contributed by atoms with Gasteiger partial charge in [0, 0.05) is 13.0 Å². The molecule has 0 bridgehead atoms. The third-order valence-electron chi connectivity index (χ3n) is 2.81. The van der Waals surface area contributed by atoms with Crippen LogP contribution in [0.15, 0.2) is 0 Å². The van der Waals surface area contributed by atoms with Crippen molar-refractivity contribution in [2.75, 3.05) is 6.54 Å². The van der Waals surface area contributed by atoms with Crippen molar-refractivity contribution in [3.63, 3.8) is 0 Å². The lowest BCUT2D eigenvalue weighted by Gasteiger charge is -2.25. The van der Waals surface area contributed by atoms with Crippen LogP contribution in [0.25, 0.3) is 0 Å². The zero-order chi connectivity index (χ0) is 15.7. The molecule has 0 aliphatic carbocycles. The van der Waals surface area contributed by atoms with Crippen LogP contribution in [-0.4, -0.2) is 45.7 Å². The third kappa shape index (κ3) is 7.38. The van der Waals surface area contributed by atoms with Crippen LogP contribution in [0.5, 0.6) is 0 Å². The number of nitrogens with zero attached hydrogens (tertiary/aromatic N) is 2. The number of aliphatic carboxylic acids is 1. The number of unbranched alkanes of at least 4 members (excludes halogenated alkanes) is 1. The van der Waals surface area contributed by atoms with Crippen LogP contribution in [0.4, 0.5) is 9.59 Å². The van der Waals surface area contributed by atoms with Crippen molar-refractivity contribution in [1.82, 2.24) is 10.0 Å². The van der Waals surface area contributed by atoms with Crippen LogP contribution in [0.2, 0.25) is 0 Å². The van der Waals surface area contributed by atoms with Crippen LogP contribution in [0.3, 0.4) is 0 Å². The molecule has 0 aliphatic rings. The van der Waals surface area contributed by atoms with Gasteiger partial charge in [-0.2, -0.15) is 0 Å². The van der Waals surface area contributed by atoms with Gasteiger partial charge in [-0.15, -0.1) is 0 Å². The Kier molecular flexibility index (Phi) is 8.01. The van der Waals surface area contributed by atoms with E-state index in [1.54, 1.807) is 0 Å². The molecular formula is C10H22N6O4. The molecule has 0 aliphatic heterocycles. The minimum atomic E-state index is -0.977. The zero-order valence-electron chi connectivity index (χ0n) is 11.2. The summed E-state index contributed by atoms with van der Waals surface area (Å²) in [5, 5.41) is 10.3. The number of carbonyl (C=O) groups is 3. The van der Waals surface area contributed by atoms with Gasteiger partial charge in [0.2, 0.25) is 0 Å². The number of hydrazine groups is 2. The largest absolute Gasteiger partial charge is 0.481 e. The lowest BCUT2D eigenvalue weighted by molar-refractivity contribution is -0.137. The fourth-order valence-electron chi connectivity index (χ4n) is 1.66. The zero-order valence-corrected chi connectivity index (χ0v) is 11.2. The molecule has 0 radical (unpaired) electrons. The molecule has 0 aromatic rings. The molecule has 10 heteroatoms. The van der Waals surface area contributed by atoms with Crippen molar-refractivity contribution >= 4 is 18.0 Å². The normalized spacial score (nSPS) is 11.7. The van der Waals surface area contributed by atoms with E-state index < -0.39 is 24.1 Å². The fraction of sp³-hybridized carbons (Fsp3) is 0.700. The molecule has 0 saturated carbocycles. The lowest BCUT2D eigenvalue weighted by atomic mass is 10.0. The summed E-state index contributed by atoms with van der Waals surface area (Å²) >= 11 is 0. The number of rotatable bonds is 9. The highest BCUT2D eigenvalue weighted by atomic mass is 16.4. The topological polar surface area (TPSA) is 182 Å². The van der Waals surface area contributed by atoms with Gasteiger partial charge in [-0.25, -0.2) is 21.3 Å². The van der Waals surface area contributed by atoms with E-state index in [1.165, 1.54) is 0 Å². The van der Waals surface area contributed by atoms with E-state index in [1.807, 2.05) is 0 Å². The fourth-order valence-corrected chi connectivity index (χ4v) is 1.66. The first kappa shape index (κ1) is 17.9. The Morgan fingerprint density at radius 3 is 2.05 bits per heavy atom. The van der Waals surface area contributed by atoms with Crippen LogP contribution >= 0.6 is 0 Å². The van der Waals surface area contributed by atoms with Crippen molar-refractivity contribution in [3.8, 4) is 0 Å². The quantitative estimate of drug-likeness (QED) is 0.155. The second-order valence-corrected chi connectivity index (χ2v) is 4.36. The SMILES string of the molecule is NC(=O)N(N)CCCC[C@@H](CCC(=O)O)N(N)C(N)=O. The minimum absolute atomic E-state index is 0.115. The van der Waals surface area contributed by atoms with Crippen LogP contribution in [0, 0.1) is 0 Å². The number of carboxylic acids is 1. The molecule has 4 amide bonds. The van der Waals surface area contributed by atoms with Crippen molar-refractivity contribution in [1.29, 1.82) is 0 Å². The predicted octanol–water partition coefficient (Wildman–Crippen LogP) is -1.10. The molecular weight excluding hydrogens is 268 g/mol. The Morgan fingerprint density at radius 2 is 1.60 bits per heavy atom. The summed E-state index contributed by atoms with van der Waals surface area (Å²) in [5.41, 5.74) is 10.0. The Hall–Kier alpha value is -2.07. The Balaban J connectivity index is 4.18. The van der Waals surface area contributed by atoms with E-state index in [-0.39, 0.29) is 19.4 Å². The van der Waals surface area contributed by atoms with Gasteiger partial charge in [0.25, 0.3) is 0 Å². The Morgan fingerprint density at radius 1 is 1.00 bits per heavy atom. The number of nitrogens with two attached hydrogens (primary N) is 4. The monoisotopic (exact) mass is 290 g/mol. The molecule has 116 valence electrons. The number of amides is 4. The predicted molar refractivity (Wildman–Crippen MR) is 70.6 cm³/mol. The molecule has 0 heterocycles. The highest BCUT2D eigenvalue weighted by molar-refractivity contribution is 5.72. The van der Waals surface area contributed by atoms with Crippen molar-refractivity contribution < 1.29 is 19.5 Å². The average molecular weight is 290 g/mol. The summed E-state index contributed by atoms with van der Waals surface area (Å²) in [7, 11) is 0. The maximum atomic E-state index is 11.0. The molecule has 0 unspecified atom stereocenters. The maximum absolute atomic E-state index is 11.0. The van der Waals surface area contributed by atoms with Crippen LogP contribution < -0.4 is 23.2 Å². The highest BCUT2D eigenvalue weighted by Gasteiger charge is 2.19. The van der Waals surface area contributed by atoms with Gasteiger partial charge < -0.3 is 16.6 Å². The molecule has 1 atom stereocenters. The van der Waals surface area contributed by atoms with Gasteiger partial charge in [0.15, 0.2) is 0 Å².